The number of thiazole rings is 1. The van der Waals surface area contributed by atoms with Gasteiger partial charge in [-0.2, -0.15) is 0 Å². The average molecular weight is 420 g/mol. The molecule has 3 aromatic rings. The van der Waals surface area contributed by atoms with Crippen molar-refractivity contribution in [2.45, 2.75) is 27.2 Å². The van der Waals surface area contributed by atoms with Crippen molar-refractivity contribution in [1.29, 1.82) is 5.41 Å². The Bertz CT molecular complexity index is 1120. The van der Waals surface area contributed by atoms with Gasteiger partial charge in [0.2, 0.25) is 0 Å². The summed E-state index contributed by atoms with van der Waals surface area (Å²) in [6, 6.07) is 15.9. The zero-order valence-electron chi connectivity index (χ0n) is 17.4. The van der Waals surface area contributed by atoms with Crippen LogP contribution in [0.15, 0.2) is 54.3 Å². The number of amidine groups is 1. The molecule has 0 saturated heterocycles. The van der Waals surface area contributed by atoms with Crippen LogP contribution in [-0.2, 0) is 0 Å². The lowest BCUT2D eigenvalue weighted by Gasteiger charge is -2.19. The number of nitrogens with one attached hydrogen (secondary N) is 1. The molecule has 30 heavy (non-hydrogen) atoms. The third-order valence-corrected chi connectivity index (χ3v) is 6.03. The Morgan fingerprint density at radius 3 is 2.67 bits per heavy atom. The fourth-order valence-electron chi connectivity index (χ4n) is 3.47. The molecule has 0 spiro atoms. The van der Waals surface area contributed by atoms with E-state index in [0.717, 1.165) is 34.0 Å². The van der Waals surface area contributed by atoms with Crippen LogP contribution in [0.1, 0.15) is 28.8 Å². The van der Waals surface area contributed by atoms with Crippen molar-refractivity contribution in [3.8, 4) is 17.0 Å². The molecule has 2 N–H and O–H groups in total. The second-order valence-electron chi connectivity index (χ2n) is 7.39. The summed E-state index contributed by atoms with van der Waals surface area (Å²) in [5, 5.41) is 20.1. The maximum atomic E-state index is 10.7. The highest BCUT2D eigenvalue weighted by molar-refractivity contribution is 7.13. The first-order valence-electron chi connectivity index (χ1n) is 10.0. The van der Waals surface area contributed by atoms with E-state index in [9.17, 15) is 5.11 Å². The van der Waals surface area contributed by atoms with E-state index in [1.165, 1.54) is 16.9 Å². The van der Waals surface area contributed by atoms with Gasteiger partial charge >= 0.3 is 0 Å². The lowest BCUT2D eigenvalue weighted by Crippen LogP contribution is -2.26. The number of nitrogens with zero attached hydrogens (tertiary/aromatic N) is 2. The predicted molar refractivity (Wildman–Crippen MR) is 124 cm³/mol. The molecule has 0 amide bonds. The summed E-state index contributed by atoms with van der Waals surface area (Å²) in [5.41, 5.74) is 4.47. The Hall–Kier alpha value is -3.12. The van der Waals surface area contributed by atoms with Crippen molar-refractivity contribution >= 4 is 28.4 Å². The van der Waals surface area contributed by atoms with Gasteiger partial charge in [-0.15, -0.1) is 11.3 Å². The number of hydrogen-bond donors (Lipinski definition) is 2. The van der Waals surface area contributed by atoms with E-state index in [1.807, 2.05) is 31.2 Å². The molecule has 1 aliphatic rings. The van der Waals surface area contributed by atoms with Gasteiger partial charge in [0.05, 0.1) is 24.4 Å². The number of hydrogen-bond acceptors (Lipinski definition) is 5. The molecule has 1 aliphatic heterocycles. The minimum atomic E-state index is 0.170. The van der Waals surface area contributed by atoms with Crippen LogP contribution in [-0.4, -0.2) is 29.1 Å². The van der Waals surface area contributed by atoms with Gasteiger partial charge in [0.25, 0.3) is 0 Å². The first-order valence-corrected chi connectivity index (χ1v) is 10.9. The Morgan fingerprint density at radius 1 is 1.17 bits per heavy atom. The molecule has 0 saturated carbocycles. The van der Waals surface area contributed by atoms with Gasteiger partial charge in [0.15, 0.2) is 0 Å². The molecule has 0 radical (unpaired) electrons. The van der Waals surface area contributed by atoms with Gasteiger partial charge in [-0.05, 0) is 32.4 Å². The number of benzene rings is 2. The van der Waals surface area contributed by atoms with E-state index < -0.39 is 0 Å². The SMILES string of the molecule is CCCOc1cccc(N2CC(O)=C(c3nc(-c4ccc(C)cc4)c(C)s3)C2=N)c1. The minimum absolute atomic E-state index is 0.170. The molecule has 5 nitrogen and oxygen atoms in total. The Kier molecular flexibility index (Phi) is 5.59. The molecule has 1 aromatic heterocycles. The van der Waals surface area contributed by atoms with Gasteiger partial charge < -0.3 is 14.7 Å². The zero-order valence-corrected chi connectivity index (χ0v) is 18.2. The topological polar surface area (TPSA) is 69.4 Å². The van der Waals surface area contributed by atoms with Gasteiger partial charge in [-0.25, -0.2) is 4.98 Å². The summed E-state index contributed by atoms with van der Waals surface area (Å²) < 4.78 is 5.72. The van der Waals surface area contributed by atoms with Crippen LogP contribution in [0.25, 0.3) is 16.8 Å². The summed E-state index contributed by atoms with van der Waals surface area (Å²) in [6.45, 7) is 7.05. The quantitative estimate of drug-likeness (QED) is 0.515. The number of aromatic nitrogens is 1. The largest absolute Gasteiger partial charge is 0.510 e. The lowest BCUT2D eigenvalue weighted by molar-refractivity contribution is 0.317. The normalized spacial score (nSPS) is 14.0. The molecule has 4 rings (SSSR count). The Labute approximate surface area is 180 Å². The summed E-state index contributed by atoms with van der Waals surface area (Å²) in [5.74, 6) is 1.19. The summed E-state index contributed by atoms with van der Waals surface area (Å²) >= 11 is 1.51. The van der Waals surface area contributed by atoms with E-state index in [1.54, 1.807) is 4.90 Å². The number of aliphatic hydroxyl groups is 1. The number of aliphatic hydroxyl groups excluding tert-OH is 1. The molecule has 2 aromatic carbocycles. The molecule has 0 bridgehead atoms. The van der Waals surface area contributed by atoms with Crippen molar-refractivity contribution in [1.82, 2.24) is 4.98 Å². The number of ether oxygens (including phenoxy) is 1. The van der Waals surface area contributed by atoms with Crippen molar-refractivity contribution in [3.05, 3.63) is 69.7 Å². The predicted octanol–water partition coefficient (Wildman–Crippen LogP) is 5.98. The second-order valence-corrected chi connectivity index (χ2v) is 8.60. The summed E-state index contributed by atoms with van der Waals surface area (Å²) in [4.78, 5) is 7.64. The zero-order chi connectivity index (χ0) is 21.3. The van der Waals surface area contributed by atoms with E-state index in [4.69, 9.17) is 15.1 Å². The maximum Gasteiger partial charge on any atom is 0.139 e. The highest BCUT2D eigenvalue weighted by Crippen LogP contribution is 2.37. The van der Waals surface area contributed by atoms with Crippen LogP contribution in [0.2, 0.25) is 0 Å². The molecular formula is C24H25N3O2S. The third-order valence-electron chi connectivity index (χ3n) is 5.04. The molecule has 2 heterocycles. The fourth-order valence-corrected chi connectivity index (χ4v) is 4.47. The molecule has 0 unspecified atom stereocenters. The minimum Gasteiger partial charge on any atom is -0.510 e. The smallest absolute Gasteiger partial charge is 0.139 e. The van der Waals surface area contributed by atoms with Gasteiger partial charge in [-0.1, -0.05) is 42.8 Å². The third kappa shape index (κ3) is 3.83. The van der Waals surface area contributed by atoms with Gasteiger partial charge in [0.1, 0.15) is 22.4 Å². The van der Waals surface area contributed by atoms with Crippen LogP contribution >= 0.6 is 11.3 Å². The van der Waals surface area contributed by atoms with Crippen LogP contribution in [0.5, 0.6) is 5.75 Å². The van der Waals surface area contributed by atoms with Crippen LogP contribution < -0.4 is 9.64 Å². The van der Waals surface area contributed by atoms with Crippen LogP contribution in [0.4, 0.5) is 5.69 Å². The molecule has 6 heteroatoms. The van der Waals surface area contributed by atoms with E-state index in [-0.39, 0.29) is 18.1 Å². The Morgan fingerprint density at radius 2 is 1.93 bits per heavy atom. The monoisotopic (exact) mass is 419 g/mol. The van der Waals surface area contributed by atoms with Gasteiger partial charge in [0, 0.05) is 22.2 Å². The highest BCUT2D eigenvalue weighted by Gasteiger charge is 2.32. The van der Waals surface area contributed by atoms with Gasteiger partial charge in [-0.3, -0.25) is 5.41 Å². The maximum absolute atomic E-state index is 10.7. The van der Waals surface area contributed by atoms with Crippen molar-refractivity contribution in [3.63, 3.8) is 0 Å². The van der Waals surface area contributed by atoms with E-state index in [0.29, 0.717) is 17.2 Å². The van der Waals surface area contributed by atoms with Crippen molar-refractivity contribution < 1.29 is 9.84 Å². The van der Waals surface area contributed by atoms with Crippen molar-refractivity contribution in [2.24, 2.45) is 0 Å². The van der Waals surface area contributed by atoms with Crippen molar-refractivity contribution in [2.75, 3.05) is 18.1 Å². The number of aryl methyl sites for hydroxylation is 2. The summed E-state index contributed by atoms with van der Waals surface area (Å²) in [7, 11) is 0. The first-order chi connectivity index (χ1) is 14.5. The summed E-state index contributed by atoms with van der Waals surface area (Å²) in [6.07, 6.45) is 0.933. The number of anilines is 1. The standard InChI is InChI=1S/C24H25N3O2S/c1-4-12-29-19-7-5-6-18(13-19)27-14-20(28)21(23(27)25)24-26-22(16(3)30-24)17-10-8-15(2)9-11-17/h5-11,13,25,28H,4,12,14H2,1-3H3. The molecule has 154 valence electrons. The fraction of sp³-hybridized carbons (Fsp3) is 0.250. The molecular weight excluding hydrogens is 394 g/mol. The molecule has 0 aliphatic carbocycles. The van der Waals surface area contributed by atoms with E-state index in [2.05, 4.69) is 38.1 Å². The average Bonchev–Trinajstić information content (AvgIpc) is 3.26. The second kappa shape index (κ2) is 8.32. The van der Waals surface area contributed by atoms with E-state index >= 15 is 0 Å². The highest BCUT2D eigenvalue weighted by atomic mass is 32.1. The molecule has 0 fully saturated rings. The van der Waals surface area contributed by atoms with Crippen LogP contribution in [0.3, 0.4) is 0 Å². The molecule has 0 atom stereocenters. The lowest BCUT2D eigenvalue weighted by atomic mass is 10.1. The van der Waals surface area contributed by atoms with Crippen LogP contribution in [0, 0.1) is 19.3 Å². The first kappa shape index (κ1) is 20.2. The Balaban J connectivity index is 1.62. The number of rotatable bonds is 6.